The summed E-state index contributed by atoms with van der Waals surface area (Å²) in [5.74, 6) is 0.0440. The highest BCUT2D eigenvalue weighted by molar-refractivity contribution is 7.89. The number of halogens is 1. The Kier molecular flexibility index (Phi) is 7.54. The smallest absolute Gasteiger partial charge is 0.245 e. The zero-order valence-electron chi connectivity index (χ0n) is 19.5. The van der Waals surface area contributed by atoms with Crippen LogP contribution in [0, 0.1) is 11.2 Å². The lowest BCUT2D eigenvalue weighted by molar-refractivity contribution is -0.136. The van der Waals surface area contributed by atoms with Crippen molar-refractivity contribution in [2.75, 3.05) is 52.9 Å². The van der Waals surface area contributed by atoms with E-state index in [9.17, 15) is 17.6 Å². The van der Waals surface area contributed by atoms with Crippen molar-refractivity contribution in [3.63, 3.8) is 0 Å². The average Bonchev–Trinajstić information content (AvgIpc) is 2.84. The molecule has 1 amide bonds. The molecule has 2 heterocycles. The monoisotopic (exact) mass is 489 g/mol. The molecule has 2 saturated heterocycles. The molecular weight excluding hydrogens is 457 g/mol. The van der Waals surface area contributed by atoms with Crippen molar-refractivity contribution in [1.82, 2.24) is 14.1 Å². The van der Waals surface area contributed by atoms with Crippen molar-refractivity contribution < 1.29 is 22.3 Å². The van der Waals surface area contributed by atoms with Crippen LogP contribution in [0.1, 0.15) is 19.3 Å². The van der Waals surface area contributed by atoms with Crippen molar-refractivity contribution >= 4 is 15.9 Å². The third-order valence-corrected chi connectivity index (χ3v) is 8.84. The van der Waals surface area contributed by atoms with E-state index in [0.717, 1.165) is 24.9 Å². The van der Waals surface area contributed by atoms with Gasteiger partial charge in [0.15, 0.2) is 0 Å². The second-order valence-corrected chi connectivity index (χ2v) is 11.2. The van der Waals surface area contributed by atoms with Crippen LogP contribution in [0.15, 0.2) is 59.5 Å². The van der Waals surface area contributed by atoms with Crippen LogP contribution in [0.5, 0.6) is 5.75 Å². The summed E-state index contributed by atoms with van der Waals surface area (Å²) < 4.78 is 47.8. The Balaban J connectivity index is 1.49. The highest BCUT2D eigenvalue weighted by Gasteiger charge is 2.42. The summed E-state index contributed by atoms with van der Waals surface area (Å²) >= 11 is 0. The molecule has 4 rings (SSSR count). The fourth-order valence-corrected chi connectivity index (χ4v) is 6.11. The molecular formula is C25H32FN3O4S. The predicted octanol–water partition coefficient (Wildman–Crippen LogP) is 2.84. The van der Waals surface area contributed by atoms with E-state index in [-0.39, 0.29) is 23.9 Å². The summed E-state index contributed by atoms with van der Waals surface area (Å²) in [6, 6.07) is 14.9. The first-order chi connectivity index (χ1) is 16.3. The highest BCUT2D eigenvalue weighted by atomic mass is 32.2. The lowest BCUT2D eigenvalue weighted by Gasteiger charge is -2.42. The first-order valence-corrected chi connectivity index (χ1v) is 13.1. The highest BCUT2D eigenvalue weighted by Crippen LogP contribution is 2.38. The number of nitrogens with zero attached hydrogens (tertiary/aromatic N) is 3. The van der Waals surface area contributed by atoms with Gasteiger partial charge in [-0.25, -0.2) is 12.8 Å². The number of hydrogen-bond donors (Lipinski definition) is 0. The minimum atomic E-state index is -3.95. The van der Waals surface area contributed by atoms with Gasteiger partial charge in [0.25, 0.3) is 0 Å². The minimum Gasteiger partial charge on any atom is -0.493 e. The van der Waals surface area contributed by atoms with Crippen LogP contribution in [-0.2, 0) is 14.8 Å². The maximum Gasteiger partial charge on any atom is 0.245 e. The molecule has 0 bridgehead atoms. The van der Waals surface area contributed by atoms with E-state index in [0.29, 0.717) is 39.0 Å². The Labute approximate surface area is 201 Å². The number of ether oxygens (including phenoxy) is 1. The van der Waals surface area contributed by atoms with Gasteiger partial charge >= 0.3 is 0 Å². The van der Waals surface area contributed by atoms with Gasteiger partial charge < -0.3 is 14.5 Å². The Morgan fingerprint density at radius 2 is 1.56 bits per heavy atom. The van der Waals surface area contributed by atoms with Gasteiger partial charge in [-0.05, 0) is 44.2 Å². The molecule has 2 aromatic carbocycles. The molecule has 0 aliphatic carbocycles. The SMILES string of the molecule is CN1CCN(C(=O)CC2(COc3ccccc3)CCN(S(=O)(=O)c3ccccc3F)CC2)CC1. The number of likely N-dealkylation sites (N-methyl/N-ethyl adjacent to an activating group) is 1. The number of hydrogen-bond acceptors (Lipinski definition) is 5. The van der Waals surface area contributed by atoms with Crippen LogP contribution in [0.3, 0.4) is 0 Å². The molecule has 0 radical (unpaired) electrons. The maximum absolute atomic E-state index is 14.2. The Bertz CT molecular complexity index is 1080. The van der Waals surface area contributed by atoms with E-state index in [2.05, 4.69) is 4.90 Å². The lowest BCUT2D eigenvalue weighted by Crippen LogP contribution is -2.51. The van der Waals surface area contributed by atoms with Gasteiger partial charge in [-0.1, -0.05) is 30.3 Å². The maximum atomic E-state index is 14.2. The number of benzene rings is 2. The predicted molar refractivity (Wildman–Crippen MR) is 127 cm³/mol. The third-order valence-electron chi connectivity index (χ3n) is 6.91. The summed E-state index contributed by atoms with van der Waals surface area (Å²) in [6.07, 6.45) is 1.23. The van der Waals surface area contributed by atoms with E-state index in [1.807, 2.05) is 42.3 Å². The van der Waals surface area contributed by atoms with E-state index < -0.39 is 21.3 Å². The molecule has 2 fully saturated rings. The molecule has 0 unspecified atom stereocenters. The molecule has 2 aliphatic heterocycles. The first kappa shape index (κ1) is 24.6. The molecule has 9 heteroatoms. The molecule has 2 aliphatic rings. The second-order valence-electron chi connectivity index (χ2n) is 9.30. The van der Waals surface area contributed by atoms with Gasteiger partial charge in [0.05, 0.1) is 6.61 Å². The summed E-state index contributed by atoms with van der Waals surface area (Å²) in [4.78, 5) is 17.0. The molecule has 34 heavy (non-hydrogen) atoms. The summed E-state index contributed by atoms with van der Waals surface area (Å²) in [6.45, 7) is 3.82. The molecule has 0 saturated carbocycles. The number of para-hydroxylation sites is 1. The molecule has 7 nitrogen and oxygen atoms in total. The Hall–Kier alpha value is -2.49. The number of sulfonamides is 1. The third kappa shape index (κ3) is 5.59. The van der Waals surface area contributed by atoms with E-state index in [1.54, 1.807) is 0 Å². The standard InChI is InChI=1S/C25H32FN3O4S/c1-27-15-17-28(18-16-27)24(30)19-25(20-33-21-7-3-2-4-8-21)11-13-29(14-12-25)34(31,32)23-10-6-5-9-22(23)26/h2-10H,11-20H2,1H3. The van der Waals surface area contributed by atoms with Crippen LogP contribution in [0.4, 0.5) is 4.39 Å². The summed E-state index contributed by atoms with van der Waals surface area (Å²) in [7, 11) is -1.90. The number of piperazine rings is 1. The molecule has 0 aromatic heterocycles. The number of amides is 1. The zero-order valence-corrected chi connectivity index (χ0v) is 20.3. The molecule has 0 N–H and O–H groups in total. The largest absolute Gasteiger partial charge is 0.493 e. The van der Waals surface area contributed by atoms with Gasteiger partial charge in [-0.2, -0.15) is 4.31 Å². The van der Waals surface area contributed by atoms with Gasteiger partial charge in [0.1, 0.15) is 16.5 Å². The normalized spacial score (nSPS) is 19.6. The van der Waals surface area contributed by atoms with Gasteiger partial charge in [0.2, 0.25) is 15.9 Å². The summed E-state index contributed by atoms with van der Waals surface area (Å²) in [5, 5.41) is 0. The van der Waals surface area contributed by atoms with Crippen molar-refractivity contribution in [1.29, 1.82) is 0 Å². The number of carbonyl (C=O) groups is 1. The quantitative estimate of drug-likeness (QED) is 0.598. The zero-order chi connectivity index (χ0) is 24.2. The van der Waals surface area contributed by atoms with Crippen molar-refractivity contribution in [2.45, 2.75) is 24.2 Å². The van der Waals surface area contributed by atoms with E-state index >= 15 is 0 Å². The van der Waals surface area contributed by atoms with Crippen LogP contribution in [0.2, 0.25) is 0 Å². The Morgan fingerprint density at radius 3 is 2.21 bits per heavy atom. The fourth-order valence-electron chi connectivity index (χ4n) is 4.61. The first-order valence-electron chi connectivity index (χ1n) is 11.7. The number of rotatable bonds is 7. The minimum absolute atomic E-state index is 0.0789. The fraction of sp³-hybridized carbons (Fsp3) is 0.480. The van der Waals surface area contributed by atoms with Crippen LogP contribution < -0.4 is 4.74 Å². The topological polar surface area (TPSA) is 70.2 Å². The molecule has 184 valence electrons. The average molecular weight is 490 g/mol. The summed E-state index contributed by atoms with van der Waals surface area (Å²) in [5.41, 5.74) is -0.489. The van der Waals surface area contributed by atoms with Crippen LogP contribution in [-0.4, -0.2) is 81.4 Å². The molecule has 0 spiro atoms. The van der Waals surface area contributed by atoms with Gasteiger partial charge in [0, 0.05) is 51.1 Å². The second kappa shape index (κ2) is 10.4. The van der Waals surface area contributed by atoms with Gasteiger partial charge in [-0.15, -0.1) is 0 Å². The van der Waals surface area contributed by atoms with Crippen molar-refractivity contribution in [3.05, 3.63) is 60.4 Å². The molecule has 2 aromatic rings. The van der Waals surface area contributed by atoms with E-state index in [1.165, 1.54) is 22.5 Å². The number of piperidine rings is 1. The van der Waals surface area contributed by atoms with E-state index in [4.69, 9.17) is 4.74 Å². The van der Waals surface area contributed by atoms with Gasteiger partial charge in [-0.3, -0.25) is 4.79 Å². The van der Waals surface area contributed by atoms with Crippen molar-refractivity contribution in [3.8, 4) is 5.75 Å². The lowest BCUT2D eigenvalue weighted by atomic mass is 9.76. The van der Waals surface area contributed by atoms with Crippen molar-refractivity contribution in [2.24, 2.45) is 5.41 Å². The number of carbonyl (C=O) groups excluding carboxylic acids is 1. The van der Waals surface area contributed by atoms with Crippen LogP contribution >= 0.6 is 0 Å². The molecule has 0 atom stereocenters. The Morgan fingerprint density at radius 1 is 0.941 bits per heavy atom. The van der Waals surface area contributed by atoms with Crippen LogP contribution in [0.25, 0.3) is 0 Å².